The summed E-state index contributed by atoms with van der Waals surface area (Å²) < 4.78 is 1.85. The molecule has 102 valence electrons. The molecule has 2 nitrogen and oxygen atoms in total. The summed E-state index contributed by atoms with van der Waals surface area (Å²) in [6, 6.07) is 5.67. The highest BCUT2D eigenvalue weighted by Gasteiger charge is 2.41. The van der Waals surface area contributed by atoms with Gasteiger partial charge in [0.1, 0.15) is 0 Å². The minimum atomic E-state index is 0.0355. The average molecular weight is 387 g/mol. The van der Waals surface area contributed by atoms with Gasteiger partial charge in [-0.1, -0.05) is 31.9 Å². The smallest absolute Gasteiger partial charge is 0.251 e. The van der Waals surface area contributed by atoms with Gasteiger partial charge in [0.2, 0.25) is 0 Å². The molecule has 0 atom stereocenters. The summed E-state index contributed by atoms with van der Waals surface area (Å²) in [7, 11) is 0. The Bertz CT molecular complexity index is 463. The summed E-state index contributed by atoms with van der Waals surface area (Å²) >= 11 is 6.84. The minimum Gasteiger partial charge on any atom is -0.352 e. The Kier molecular flexibility index (Phi) is 3.99. The number of amides is 1. The van der Waals surface area contributed by atoms with Gasteiger partial charge in [-0.3, -0.25) is 4.79 Å². The SMILES string of the molecule is O=C(NCC(C1CC1)C1CC1)c1cc(Br)cc(Br)c1. The number of carbonyl (C=O) groups is 1. The van der Waals surface area contributed by atoms with Gasteiger partial charge in [-0.05, 0) is 61.6 Å². The minimum absolute atomic E-state index is 0.0355. The van der Waals surface area contributed by atoms with Crippen LogP contribution < -0.4 is 5.32 Å². The number of hydrogen-bond acceptors (Lipinski definition) is 1. The number of nitrogens with one attached hydrogen (secondary N) is 1. The monoisotopic (exact) mass is 385 g/mol. The molecular weight excluding hydrogens is 370 g/mol. The van der Waals surface area contributed by atoms with Crippen molar-refractivity contribution in [2.45, 2.75) is 25.7 Å². The van der Waals surface area contributed by atoms with Crippen LogP contribution in [0.1, 0.15) is 36.0 Å². The molecular formula is C15H17Br2NO. The molecule has 1 aromatic rings. The largest absolute Gasteiger partial charge is 0.352 e. The molecule has 0 saturated heterocycles. The molecule has 2 aliphatic carbocycles. The van der Waals surface area contributed by atoms with Crippen LogP contribution in [0.5, 0.6) is 0 Å². The quantitative estimate of drug-likeness (QED) is 0.799. The van der Waals surface area contributed by atoms with E-state index in [4.69, 9.17) is 0 Å². The molecule has 1 aromatic carbocycles. The van der Waals surface area contributed by atoms with Crippen LogP contribution in [0, 0.1) is 17.8 Å². The van der Waals surface area contributed by atoms with Crippen LogP contribution in [0.2, 0.25) is 0 Å². The van der Waals surface area contributed by atoms with E-state index in [1.165, 1.54) is 25.7 Å². The third kappa shape index (κ3) is 3.60. The topological polar surface area (TPSA) is 29.1 Å². The Morgan fingerprint density at radius 2 is 1.63 bits per heavy atom. The summed E-state index contributed by atoms with van der Waals surface area (Å²) in [5, 5.41) is 3.12. The third-order valence-corrected chi connectivity index (χ3v) is 4.99. The Balaban J connectivity index is 1.60. The fourth-order valence-electron chi connectivity index (χ4n) is 2.76. The number of carbonyl (C=O) groups excluding carboxylic acids is 1. The first-order chi connectivity index (χ1) is 9.13. The second-order valence-electron chi connectivity index (χ2n) is 5.71. The van der Waals surface area contributed by atoms with Gasteiger partial charge < -0.3 is 5.32 Å². The second kappa shape index (κ2) is 5.57. The van der Waals surface area contributed by atoms with Gasteiger partial charge in [0.25, 0.3) is 5.91 Å². The van der Waals surface area contributed by atoms with E-state index in [9.17, 15) is 4.79 Å². The number of hydrogen-bond donors (Lipinski definition) is 1. The molecule has 2 saturated carbocycles. The highest BCUT2D eigenvalue weighted by molar-refractivity contribution is 9.11. The number of benzene rings is 1. The summed E-state index contributed by atoms with van der Waals surface area (Å²) in [5.41, 5.74) is 0.714. The molecule has 1 N–H and O–H groups in total. The highest BCUT2D eigenvalue weighted by Crippen LogP contribution is 2.48. The van der Waals surface area contributed by atoms with Crippen molar-refractivity contribution in [3.05, 3.63) is 32.7 Å². The molecule has 0 spiro atoms. The lowest BCUT2D eigenvalue weighted by Crippen LogP contribution is -2.31. The second-order valence-corrected chi connectivity index (χ2v) is 7.54. The number of rotatable bonds is 5. The van der Waals surface area contributed by atoms with E-state index in [1.54, 1.807) is 0 Å². The van der Waals surface area contributed by atoms with Crippen LogP contribution in [0.3, 0.4) is 0 Å². The lowest BCUT2D eigenvalue weighted by Gasteiger charge is -2.16. The van der Waals surface area contributed by atoms with Gasteiger partial charge in [-0.15, -0.1) is 0 Å². The first kappa shape index (κ1) is 13.6. The zero-order valence-electron chi connectivity index (χ0n) is 10.7. The molecule has 4 heteroatoms. The molecule has 0 heterocycles. The van der Waals surface area contributed by atoms with Crippen molar-refractivity contribution in [1.29, 1.82) is 0 Å². The first-order valence-corrected chi connectivity index (χ1v) is 8.46. The molecule has 2 fully saturated rings. The zero-order valence-corrected chi connectivity index (χ0v) is 13.8. The van der Waals surface area contributed by atoms with Crippen LogP contribution in [-0.2, 0) is 0 Å². The van der Waals surface area contributed by atoms with Crippen molar-refractivity contribution in [1.82, 2.24) is 5.32 Å². The Morgan fingerprint density at radius 1 is 1.11 bits per heavy atom. The molecule has 0 aliphatic heterocycles. The Labute approximate surface area is 130 Å². The van der Waals surface area contributed by atoms with E-state index >= 15 is 0 Å². The van der Waals surface area contributed by atoms with Crippen molar-refractivity contribution < 1.29 is 4.79 Å². The molecule has 3 rings (SSSR count). The third-order valence-electron chi connectivity index (χ3n) is 4.08. The van der Waals surface area contributed by atoms with E-state index in [0.29, 0.717) is 5.56 Å². The van der Waals surface area contributed by atoms with Gasteiger partial charge in [0.15, 0.2) is 0 Å². The molecule has 2 aliphatic rings. The van der Waals surface area contributed by atoms with E-state index in [2.05, 4.69) is 37.2 Å². The van der Waals surface area contributed by atoms with Gasteiger partial charge in [0.05, 0.1) is 0 Å². The molecule has 0 radical (unpaired) electrons. The van der Waals surface area contributed by atoms with E-state index < -0.39 is 0 Å². The average Bonchev–Trinajstić information content (AvgIpc) is 3.22. The van der Waals surface area contributed by atoms with E-state index in [0.717, 1.165) is 33.2 Å². The van der Waals surface area contributed by atoms with Crippen molar-refractivity contribution in [2.24, 2.45) is 17.8 Å². The van der Waals surface area contributed by atoms with Crippen LogP contribution >= 0.6 is 31.9 Å². The standard InChI is InChI=1S/C15H17Br2NO/c16-12-5-11(6-13(17)7-12)15(19)18-8-14(9-1-2-9)10-3-4-10/h5-7,9-10,14H,1-4,8H2,(H,18,19). The number of halogens is 2. The highest BCUT2D eigenvalue weighted by atomic mass is 79.9. The maximum absolute atomic E-state index is 12.2. The van der Waals surface area contributed by atoms with Crippen LogP contribution in [0.25, 0.3) is 0 Å². The van der Waals surface area contributed by atoms with Gasteiger partial charge in [-0.25, -0.2) is 0 Å². The van der Waals surface area contributed by atoms with Crippen molar-refractivity contribution in [3.8, 4) is 0 Å². The van der Waals surface area contributed by atoms with Crippen LogP contribution in [-0.4, -0.2) is 12.5 Å². The van der Waals surface area contributed by atoms with Gasteiger partial charge in [0, 0.05) is 21.1 Å². The van der Waals surface area contributed by atoms with Crippen molar-refractivity contribution in [2.75, 3.05) is 6.54 Å². The fourth-order valence-corrected chi connectivity index (χ4v) is 4.06. The normalized spacial score (nSPS) is 18.7. The predicted molar refractivity (Wildman–Crippen MR) is 83.1 cm³/mol. The molecule has 0 aromatic heterocycles. The molecule has 0 unspecified atom stereocenters. The molecule has 19 heavy (non-hydrogen) atoms. The van der Waals surface area contributed by atoms with E-state index in [1.807, 2.05) is 18.2 Å². The van der Waals surface area contributed by atoms with Crippen LogP contribution in [0.15, 0.2) is 27.1 Å². The van der Waals surface area contributed by atoms with Crippen molar-refractivity contribution in [3.63, 3.8) is 0 Å². The lowest BCUT2D eigenvalue weighted by atomic mass is 9.98. The van der Waals surface area contributed by atoms with Crippen LogP contribution in [0.4, 0.5) is 0 Å². The summed E-state index contributed by atoms with van der Waals surface area (Å²) in [6.45, 7) is 0.846. The summed E-state index contributed by atoms with van der Waals surface area (Å²) in [5.74, 6) is 2.51. The lowest BCUT2D eigenvalue weighted by molar-refractivity contribution is 0.0943. The van der Waals surface area contributed by atoms with Crippen molar-refractivity contribution >= 4 is 37.8 Å². The maximum Gasteiger partial charge on any atom is 0.251 e. The first-order valence-electron chi connectivity index (χ1n) is 6.88. The van der Waals surface area contributed by atoms with Gasteiger partial charge in [-0.2, -0.15) is 0 Å². The Hall–Kier alpha value is -0.350. The predicted octanol–water partition coefficient (Wildman–Crippen LogP) is 4.38. The molecule has 0 bridgehead atoms. The molecule has 1 amide bonds. The summed E-state index contributed by atoms with van der Waals surface area (Å²) in [6.07, 6.45) is 5.44. The van der Waals surface area contributed by atoms with Gasteiger partial charge >= 0.3 is 0 Å². The fraction of sp³-hybridized carbons (Fsp3) is 0.533. The summed E-state index contributed by atoms with van der Waals surface area (Å²) in [4.78, 5) is 12.2. The zero-order chi connectivity index (χ0) is 13.4. The maximum atomic E-state index is 12.2. The van der Waals surface area contributed by atoms with E-state index in [-0.39, 0.29) is 5.91 Å². The Morgan fingerprint density at radius 3 is 2.11 bits per heavy atom.